The average Bonchev–Trinajstić information content (AvgIpc) is 2.78. The molecule has 3 heterocycles. The lowest BCUT2D eigenvalue weighted by Crippen LogP contribution is -2.25. The average molecular weight is 259 g/mol. The van der Waals surface area contributed by atoms with Crippen LogP contribution in [0.5, 0.6) is 0 Å². The summed E-state index contributed by atoms with van der Waals surface area (Å²) in [5.74, 6) is -0.477. The number of carboxylic acids is 1. The Balaban J connectivity index is 2.17. The van der Waals surface area contributed by atoms with Crippen molar-refractivity contribution in [3.8, 4) is 11.4 Å². The van der Waals surface area contributed by atoms with Crippen LogP contribution in [0.1, 0.15) is 22.6 Å². The second kappa shape index (κ2) is 4.47. The van der Waals surface area contributed by atoms with Crippen LogP contribution in [0, 0.1) is 0 Å². The second-order valence-electron chi connectivity index (χ2n) is 4.58. The topological polar surface area (TPSA) is 88.2 Å². The number of hydrogen-bond donors (Lipinski definition) is 2. The molecule has 98 valence electrons. The summed E-state index contributed by atoms with van der Waals surface area (Å²) in [6, 6.07) is 3.60. The Morgan fingerprint density at radius 1 is 1.47 bits per heavy atom. The van der Waals surface area contributed by atoms with Crippen LogP contribution in [0.3, 0.4) is 0 Å². The van der Waals surface area contributed by atoms with Crippen LogP contribution in [-0.4, -0.2) is 36.8 Å². The fourth-order valence-corrected chi connectivity index (χ4v) is 2.43. The largest absolute Gasteiger partial charge is 0.476 e. The lowest BCUT2D eigenvalue weighted by atomic mass is 10.1. The number of fused-ring (bicyclic) bond motifs is 1. The molecule has 0 aliphatic carbocycles. The van der Waals surface area contributed by atoms with Gasteiger partial charge in [-0.3, -0.25) is 4.98 Å². The maximum absolute atomic E-state index is 11.2. The van der Waals surface area contributed by atoms with E-state index in [1.165, 1.54) is 0 Å². The van der Waals surface area contributed by atoms with Crippen LogP contribution < -0.4 is 0 Å². The molecule has 0 saturated heterocycles. The van der Waals surface area contributed by atoms with E-state index in [0.717, 1.165) is 5.56 Å². The van der Waals surface area contributed by atoms with E-state index in [2.05, 4.69) is 9.97 Å². The first-order valence-electron chi connectivity index (χ1n) is 6.08. The van der Waals surface area contributed by atoms with Crippen molar-refractivity contribution < 1.29 is 15.0 Å². The summed E-state index contributed by atoms with van der Waals surface area (Å²) in [5.41, 5.74) is 1.51. The number of hydrogen-bond acceptors (Lipinski definition) is 4. The van der Waals surface area contributed by atoms with Gasteiger partial charge in [-0.2, -0.15) is 0 Å². The summed E-state index contributed by atoms with van der Waals surface area (Å²) in [5, 5.41) is 19.0. The maximum Gasteiger partial charge on any atom is 0.356 e. The van der Waals surface area contributed by atoms with Gasteiger partial charge in [0.2, 0.25) is 0 Å². The van der Waals surface area contributed by atoms with Gasteiger partial charge in [-0.25, -0.2) is 9.78 Å². The van der Waals surface area contributed by atoms with Crippen molar-refractivity contribution in [3.63, 3.8) is 0 Å². The van der Waals surface area contributed by atoms with Crippen molar-refractivity contribution in [2.24, 2.45) is 0 Å². The molecule has 0 radical (unpaired) electrons. The van der Waals surface area contributed by atoms with Crippen molar-refractivity contribution >= 4 is 5.97 Å². The lowest BCUT2D eigenvalue weighted by molar-refractivity contribution is 0.0686. The first-order chi connectivity index (χ1) is 9.16. The molecule has 0 aromatic carbocycles. The highest BCUT2D eigenvalue weighted by Gasteiger charge is 2.27. The third-order valence-electron chi connectivity index (χ3n) is 3.30. The van der Waals surface area contributed by atoms with Crippen molar-refractivity contribution in [1.82, 2.24) is 14.5 Å². The van der Waals surface area contributed by atoms with Gasteiger partial charge in [-0.1, -0.05) is 0 Å². The van der Waals surface area contributed by atoms with Gasteiger partial charge in [0.1, 0.15) is 5.82 Å². The first-order valence-corrected chi connectivity index (χ1v) is 6.08. The predicted molar refractivity (Wildman–Crippen MR) is 66.7 cm³/mol. The molecule has 0 amide bonds. The van der Waals surface area contributed by atoms with Crippen LogP contribution in [0.2, 0.25) is 0 Å². The molecule has 1 unspecified atom stereocenters. The number of nitrogens with zero attached hydrogens (tertiary/aromatic N) is 3. The first kappa shape index (κ1) is 11.9. The molecular formula is C13H13N3O3. The van der Waals surface area contributed by atoms with Gasteiger partial charge < -0.3 is 14.8 Å². The standard InChI is InChI=1S/C13H13N3O3/c17-9-3-4-10-11(13(18)19)15-12(16(10)7-9)8-2-1-5-14-6-8/h1-2,5-6,9,17H,3-4,7H2,(H,18,19). The number of rotatable bonds is 2. The molecule has 0 bridgehead atoms. The number of pyridine rings is 1. The molecule has 0 saturated carbocycles. The minimum absolute atomic E-state index is 0.0748. The number of aromatic carboxylic acids is 1. The van der Waals surface area contributed by atoms with E-state index < -0.39 is 12.1 Å². The van der Waals surface area contributed by atoms with Gasteiger partial charge in [-0.05, 0) is 25.0 Å². The molecule has 0 spiro atoms. The van der Waals surface area contributed by atoms with E-state index in [9.17, 15) is 15.0 Å². The van der Waals surface area contributed by atoms with Gasteiger partial charge in [-0.15, -0.1) is 0 Å². The Kier molecular flexibility index (Phi) is 2.79. The summed E-state index contributed by atoms with van der Waals surface area (Å²) >= 11 is 0. The van der Waals surface area contributed by atoms with Gasteiger partial charge in [0.05, 0.1) is 18.3 Å². The summed E-state index contributed by atoms with van der Waals surface area (Å²) in [6.45, 7) is 0.375. The number of aromatic nitrogens is 3. The zero-order valence-corrected chi connectivity index (χ0v) is 10.2. The minimum atomic E-state index is -1.03. The van der Waals surface area contributed by atoms with Crippen LogP contribution in [0.4, 0.5) is 0 Å². The molecule has 19 heavy (non-hydrogen) atoms. The van der Waals surface area contributed by atoms with E-state index in [1.807, 2.05) is 6.07 Å². The Morgan fingerprint density at radius 3 is 3.00 bits per heavy atom. The van der Waals surface area contributed by atoms with Gasteiger partial charge in [0.15, 0.2) is 5.69 Å². The SMILES string of the molecule is O=C(O)c1nc(-c2cccnc2)n2c1CCC(O)C2. The molecule has 2 aromatic rings. The number of carboxylic acid groups (broad SMARTS) is 1. The lowest BCUT2D eigenvalue weighted by Gasteiger charge is -2.21. The fourth-order valence-electron chi connectivity index (χ4n) is 2.43. The summed E-state index contributed by atoms with van der Waals surface area (Å²) < 4.78 is 1.79. The molecule has 1 aliphatic heterocycles. The summed E-state index contributed by atoms with van der Waals surface area (Å²) in [4.78, 5) is 19.5. The molecule has 3 rings (SSSR count). The predicted octanol–water partition coefficient (Wildman–Crippen LogP) is 0.950. The smallest absolute Gasteiger partial charge is 0.356 e. The Labute approximate surface area is 109 Å². The summed E-state index contributed by atoms with van der Waals surface area (Å²) in [6.07, 6.45) is 3.92. The molecular weight excluding hydrogens is 246 g/mol. The van der Waals surface area contributed by atoms with Gasteiger partial charge in [0.25, 0.3) is 0 Å². The quantitative estimate of drug-likeness (QED) is 0.838. The Hall–Kier alpha value is -2.21. The van der Waals surface area contributed by atoms with E-state index in [-0.39, 0.29) is 5.69 Å². The van der Waals surface area contributed by atoms with E-state index in [1.54, 1.807) is 23.0 Å². The van der Waals surface area contributed by atoms with Crippen molar-refractivity contribution in [2.45, 2.75) is 25.5 Å². The Bertz CT molecular complexity index is 622. The Morgan fingerprint density at radius 2 is 2.32 bits per heavy atom. The van der Waals surface area contributed by atoms with Gasteiger partial charge in [0, 0.05) is 18.0 Å². The van der Waals surface area contributed by atoms with E-state index in [4.69, 9.17) is 0 Å². The third kappa shape index (κ3) is 2.00. The highest BCUT2D eigenvalue weighted by Crippen LogP contribution is 2.27. The zero-order chi connectivity index (χ0) is 13.4. The number of aliphatic hydroxyl groups is 1. The molecule has 6 nitrogen and oxygen atoms in total. The number of imidazole rings is 1. The normalized spacial score (nSPS) is 18.1. The van der Waals surface area contributed by atoms with Crippen LogP contribution in [0.25, 0.3) is 11.4 Å². The van der Waals surface area contributed by atoms with Crippen molar-refractivity contribution in [1.29, 1.82) is 0 Å². The van der Waals surface area contributed by atoms with Gasteiger partial charge >= 0.3 is 5.97 Å². The van der Waals surface area contributed by atoms with Crippen LogP contribution in [-0.2, 0) is 13.0 Å². The number of aliphatic hydroxyl groups excluding tert-OH is 1. The van der Waals surface area contributed by atoms with E-state index in [0.29, 0.717) is 30.9 Å². The maximum atomic E-state index is 11.2. The zero-order valence-electron chi connectivity index (χ0n) is 10.2. The summed E-state index contributed by atoms with van der Waals surface area (Å²) in [7, 11) is 0. The molecule has 2 N–H and O–H groups in total. The molecule has 6 heteroatoms. The highest BCUT2D eigenvalue weighted by molar-refractivity contribution is 5.88. The number of carbonyl (C=O) groups is 1. The third-order valence-corrected chi connectivity index (χ3v) is 3.30. The van der Waals surface area contributed by atoms with Crippen LogP contribution >= 0.6 is 0 Å². The highest BCUT2D eigenvalue weighted by atomic mass is 16.4. The van der Waals surface area contributed by atoms with E-state index >= 15 is 0 Å². The van der Waals surface area contributed by atoms with Crippen molar-refractivity contribution in [3.05, 3.63) is 35.9 Å². The van der Waals surface area contributed by atoms with Crippen LogP contribution in [0.15, 0.2) is 24.5 Å². The minimum Gasteiger partial charge on any atom is -0.476 e. The molecule has 1 atom stereocenters. The molecule has 0 fully saturated rings. The molecule has 1 aliphatic rings. The second-order valence-corrected chi connectivity index (χ2v) is 4.58. The molecule has 2 aromatic heterocycles. The monoisotopic (exact) mass is 259 g/mol. The fraction of sp³-hybridized carbons (Fsp3) is 0.308. The van der Waals surface area contributed by atoms with Crippen molar-refractivity contribution in [2.75, 3.05) is 0 Å².